The van der Waals surface area contributed by atoms with Gasteiger partial charge >= 0.3 is 6.09 Å². The first-order valence-corrected chi connectivity index (χ1v) is 5.62. The van der Waals surface area contributed by atoms with Crippen molar-refractivity contribution in [3.63, 3.8) is 0 Å². The van der Waals surface area contributed by atoms with Gasteiger partial charge in [-0.25, -0.2) is 4.79 Å². The van der Waals surface area contributed by atoms with E-state index in [2.05, 4.69) is 13.8 Å². The zero-order valence-electron chi connectivity index (χ0n) is 9.10. The number of benzene rings is 1. The molecule has 0 unspecified atom stereocenters. The number of nitrogens with zero attached hydrogens (tertiary/aromatic N) is 1. The predicted octanol–water partition coefficient (Wildman–Crippen LogP) is 3.30. The van der Waals surface area contributed by atoms with Crippen molar-refractivity contribution in [3.05, 3.63) is 24.3 Å². The van der Waals surface area contributed by atoms with Crippen molar-refractivity contribution in [2.24, 2.45) is 0 Å². The summed E-state index contributed by atoms with van der Waals surface area (Å²) < 4.78 is 0. The Morgan fingerprint density at radius 3 is 2.53 bits per heavy atom. The molecule has 0 aliphatic heterocycles. The van der Waals surface area contributed by atoms with Crippen molar-refractivity contribution in [2.45, 2.75) is 24.0 Å². The fourth-order valence-electron chi connectivity index (χ4n) is 1.19. The molecule has 0 fully saturated rings. The molecule has 0 radical (unpaired) electrons. The molecule has 0 bridgehead atoms. The minimum Gasteiger partial charge on any atom is -0.465 e. The Morgan fingerprint density at radius 2 is 2.00 bits per heavy atom. The van der Waals surface area contributed by atoms with Crippen LogP contribution >= 0.6 is 11.8 Å². The van der Waals surface area contributed by atoms with Crippen LogP contribution in [0.1, 0.15) is 13.8 Å². The molecule has 0 heterocycles. The minimum atomic E-state index is -0.938. The predicted molar refractivity (Wildman–Crippen MR) is 63.9 cm³/mol. The maximum absolute atomic E-state index is 10.9. The molecule has 1 aromatic carbocycles. The Morgan fingerprint density at radius 1 is 1.40 bits per heavy atom. The third kappa shape index (κ3) is 3.16. The van der Waals surface area contributed by atoms with E-state index in [1.807, 2.05) is 24.3 Å². The van der Waals surface area contributed by atoms with Crippen LogP contribution in [0.15, 0.2) is 29.2 Å². The number of hydrogen-bond acceptors (Lipinski definition) is 2. The molecule has 0 aliphatic rings. The van der Waals surface area contributed by atoms with E-state index in [1.54, 1.807) is 18.8 Å². The quantitative estimate of drug-likeness (QED) is 0.802. The topological polar surface area (TPSA) is 40.5 Å². The summed E-state index contributed by atoms with van der Waals surface area (Å²) in [6.07, 6.45) is -0.938. The third-order valence-electron chi connectivity index (χ3n) is 1.88. The Bertz CT molecular complexity index is 352. The maximum Gasteiger partial charge on any atom is 0.411 e. The molecule has 0 saturated carbocycles. The molecular formula is C11H15NO2S. The zero-order chi connectivity index (χ0) is 11.4. The SMILES string of the molecule is CC(C)Sc1ccccc1N(C)C(=O)O. The van der Waals surface area contributed by atoms with E-state index in [0.29, 0.717) is 5.25 Å². The lowest BCUT2D eigenvalue weighted by molar-refractivity contribution is 0.203. The molecule has 3 nitrogen and oxygen atoms in total. The van der Waals surface area contributed by atoms with Gasteiger partial charge in [0.05, 0.1) is 5.69 Å². The maximum atomic E-state index is 10.9. The highest BCUT2D eigenvalue weighted by atomic mass is 32.2. The molecule has 1 N–H and O–H groups in total. The molecule has 0 saturated heterocycles. The molecule has 0 spiro atoms. The van der Waals surface area contributed by atoms with Gasteiger partial charge < -0.3 is 5.11 Å². The van der Waals surface area contributed by atoms with Gasteiger partial charge in [-0.3, -0.25) is 4.90 Å². The van der Waals surface area contributed by atoms with Crippen molar-refractivity contribution < 1.29 is 9.90 Å². The van der Waals surface area contributed by atoms with Gasteiger partial charge in [0, 0.05) is 17.2 Å². The molecular weight excluding hydrogens is 210 g/mol. The standard InChI is InChI=1S/C11H15NO2S/c1-8(2)15-10-7-5-4-6-9(10)12(3)11(13)14/h4-8H,1-3H3,(H,13,14). The van der Waals surface area contributed by atoms with Crippen LogP contribution < -0.4 is 4.90 Å². The highest BCUT2D eigenvalue weighted by Crippen LogP contribution is 2.31. The highest BCUT2D eigenvalue weighted by molar-refractivity contribution is 8.00. The second-order valence-electron chi connectivity index (χ2n) is 3.48. The smallest absolute Gasteiger partial charge is 0.411 e. The Labute approximate surface area is 94.1 Å². The summed E-state index contributed by atoms with van der Waals surface area (Å²) in [7, 11) is 1.56. The van der Waals surface area contributed by atoms with Crippen LogP contribution in [-0.2, 0) is 0 Å². The lowest BCUT2D eigenvalue weighted by Crippen LogP contribution is -2.24. The van der Waals surface area contributed by atoms with Gasteiger partial charge in [0.25, 0.3) is 0 Å². The summed E-state index contributed by atoms with van der Waals surface area (Å²) in [4.78, 5) is 13.1. The zero-order valence-corrected chi connectivity index (χ0v) is 9.91. The first-order chi connectivity index (χ1) is 7.02. The number of amides is 1. The van der Waals surface area contributed by atoms with E-state index >= 15 is 0 Å². The Balaban J connectivity index is 3.00. The van der Waals surface area contributed by atoms with Gasteiger partial charge in [-0.15, -0.1) is 11.8 Å². The molecule has 0 aromatic heterocycles. The number of carbonyl (C=O) groups is 1. The lowest BCUT2D eigenvalue weighted by Gasteiger charge is -2.17. The average Bonchev–Trinajstić information content (AvgIpc) is 2.16. The number of anilines is 1. The van der Waals surface area contributed by atoms with Gasteiger partial charge in [0.1, 0.15) is 0 Å². The molecule has 0 atom stereocenters. The molecule has 82 valence electrons. The number of hydrogen-bond donors (Lipinski definition) is 1. The van der Waals surface area contributed by atoms with Gasteiger partial charge in [0.2, 0.25) is 0 Å². The lowest BCUT2D eigenvalue weighted by atomic mass is 10.3. The van der Waals surface area contributed by atoms with Crippen LogP contribution in [0.3, 0.4) is 0 Å². The Hall–Kier alpha value is -1.16. The first-order valence-electron chi connectivity index (χ1n) is 4.74. The van der Waals surface area contributed by atoms with E-state index in [4.69, 9.17) is 5.11 Å². The fraction of sp³-hybridized carbons (Fsp3) is 0.364. The number of thioether (sulfide) groups is 1. The van der Waals surface area contributed by atoms with Crippen molar-refractivity contribution in [1.29, 1.82) is 0 Å². The van der Waals surface area contributed by atoms with E-state index in [0.717, 1.165) is 10.6 Å². The van der Waals surface area contributed by atoms with E-state index in [1.165, 1.54) is 4.90 Å². The highest BCUT2D eigenvalue weighted by Gasteiger charge is 2.13. The summed E-state index contributed by atoms with van der Waals surface area (Å²) in [6.45, 7) is 4.17. The molecule has 15 heavy (non-hydrogen) atoms. The number of carboxylic acid groups (broad SMARTS) is 1. The summed E-state index contributed by atoms with van der Waals surface area (Å²) in [5.74, 6) is 0. The van der Waals surface area contributed by atoms with Crippen LogP contribution in [0.4, 0.5) is 10.5 Å². The Kier molecular flexibility index (Phi) is 4.03. The van der Waals surface area contributed by atoms with Crippen LogP contribution in [0, 0.1) is 0 Å². The first kappa shape index (κ1) is 11.9. The third-order valence-corrected chi connectivity index (χ3v) is 2.95. The van der Waals surface area contributed by atoms with Crippen molar-refractivity contribution >= 4 is 23.5 Å². The second kappa shape index (κ2) is 5.07. The van der Waals surface area contributed by atoms with Gasteiger partial charge in [-0.05, 0) is 12.1 Å². The van der Waals surface area contributed by atoms with E-state index < -0.39 is 6.09 Å². The molecule has 1 aromatic rings. The molecule has 1 amide bonds. The fourth-order valence-corrected chi connectivity index (χ4v) is 2.18. The van der Waals surface area contributed by atoms with Crippen LogP contribution in [0.5, 0.6) is 0 Å². The van der Waals surface area contributed by atoms with Crippen LogP contribution in [-0.4, -0.2) is 23.5 Å². The second-order valence-corrected chi connectivity index (χ2v) is 5.09. The summed E-state index contributed by atoms with van der Waals surface area (Å²) in [6, 6.07) is 7.53. The van der Waals surface area contributed by atoms with Crippen molar-refractivity contribution in [3.8, 4) is 0 Å². The minimum absolute atomic E-state index is 0.438. The van der Waals surface area contributed by atoms with E-state index in [9.17, 15) is 4.79 Å². The van der Waals surface area contributed by atoms with Gasteiger partial charge in [-0.1, -0.05) is 26.0 Å². The average molecular weight is 225 g/mol. The monoisotopic (exact) mass is 225 g/mol. The molecule has 0 aliphatic carbocycles. The summed E-state index contributed by atoms with van der Waals surface area (Å²) in [5, 5.41) is 9.35. The van der Waals surface area contributed by atoms with Crippen LogP contribution in [0.25, 0.3) is 0 Å². The van der Waals surface area contributed by atoms with E-state index in [-0.39, 0.29) is 0 Å². The van der Waals surface area contributed by atoms with Crippen molar-refractivity contribution in [1.82, 2.24) is 0 Å². The van der Waals surface area contributed by atoms with Gasteiger partial charge in [0.15, 0.2) is 0 Å². The number of rotatable bonds is 3. The largest absolute Gasteiger partial charge is 0.465 e. The van der Waals surface area contributed by atoms with Crippen LogP contribution in [0.2, 0.25) is 0 Å². The molecule has 4 heteroatoms. The van der Waals surface area contributed by atoms with Gasteiger partial charge in [-0.2, -0.15) is 0 Å². The molecule has 1 rings (SSSR count). The van der Waals surface area contributed by atoms with Crippen molar-refractivity contribution in [2.75, 3.05) is 11.9 Å². The normalized spacial score (nSPS) is 10.4. The number of para-hydroxylation sites is 1. The summed E-state index contributed by atoms with van der Waals surface area (Å²) in [5.41, 5.74) is 0.740. The summed E-state index contributed by atoms with van der Waals surface area (Å²) >= 11 is 1.67.